The lowest BCUT2D eigenvalue weighted by Gasteiger charge is -2.20. The van der Waals surface area contributed by atoms with E-state index < -0.39 is 66.2 Å². The number of hydrogen-bond acceptors (Lipinski definition) is 11. The van der Waals surface area contributed by atoms with Crippen molar-refractivity contribution in [2.45, 2.75) is 193 Å². The number of aliphatic hydroxyl groups is 1. The highest BCUT2D eigenvalue weighted by Crippen LogP contribution is 2.44. The van der Waals surface area contributed by atoms with Gasteiger partial charge in [-0.1, -0.05) is 141 Å². The SMILES string of the molecule is CCCCC/C=C\C/C=C\CC1OC1C/C=C\CCCC(=O)OC[C@H](COP(=O)(O)OC[C@@H](O)COP(=O)(O)O)OC(=O)CCCCCCCCCCCCC(C)CC. The number of carbonyl (C=O) groups is 2. The lowest BCUT2D eigenvalue weighted by Crippen LogP contribution is -2.30. The fourth-order valence-electron chi connectivity index (χ4n) is 6.06. The Morgan fingerprint density at radius 3 is 1.83 bits per heavy atom. The highest BCUT2D eigenvalue weighted by atomic mass is 31.2. The molecule has 0 radical (unpaired) electrons. The highest BCUT2D eigenvalue weighted by molar-refractivity contribution is 7.47. The molecule has 16 heteroatoms. The van der Waals surface area contributed by atoms with Gasteiger partial charge in [-0.3, -0.25) is 23.2 Å². The number of rotatable bonds is 40. The van der Waals surface area contributed by atoms with Gasteiger partial charge in [0.2, 0.25) is 0 Å². The van der Waals surface area contributed by atoms with Gasteiger partial charge in [0.05, 0.1) is 32.0 Å². The van der Waals surface area contributed by atoms with Crippen LogP contribution in [0.5, 0.6) is 0 Å². The Morgan fingerprint density at radius 2 is 1.19 bits per heavy atom. The van der Waals surface area contributed by atoms with Crippen molar-refractivity contribution in [3.63, 3.8) is 0 Å². The number of carbonyl (C=O) groups excluding carboxylic acids is 2. The first-order valence-electron chi connectivity index (χ1n) is 22.2. The van der Waals surface area contributed by atoms with Crippen LogP contribution in [-0.4, -0.2) is 82.6 Å². The normalized spacial score (nSPS) is 18.4. The summed E-state index contributed by atoms with van der Waals surface area (Å²) in [6, 6.07) is 0. The van der Waals surface area contributed by atoms with E-state index in [2.05, 4.69) is 60.2 Å². The number of esters is 2. The molecule has 0 bridgehead atoms. The third kappa shape index (κ3) is 35.6. The molecule has 0 aromatic carbocycles. The molecular formula is C43H78O14P2. The van der Waals surface area contributed by atoms with Gasteiger partial charge in [0.25, 0.3) is 0 Å². The lowest BCUT2D eigenvalue weighted by atomic mass is 9.99. The van der Waals surface area contributed by atoms with E-state index in [0.717, 1.165) is 50.9 Å². The minimum atomic E-state index is -4.87. The Hall–Kier alpha value is -1.70. The van der Waals surface area contributed by atoms with Crippen LogP contribution in [0.15, 0.2) is 36.5 Å². The number of phosphoric acid groups is 2. The minimum absolute atomic E-state index is 0.112. The van der Waals surface area contributed by atoms with Crippen molar-refractivity contribution in [3.05, 3.63) is 36.5 Å². The van der Waals surface area contributed by atoms with Crippen molar-refractivity contribution in [1.29, 1.82) is 0 Å². The quantitative estimate of drug-likeness (QED) is 0.0149. The second kappa shape index (κ2) is 34.8. The van der Waals surface area contributed by atoms with Crippen molar-refractivity contribution >= 4 is 27.6 Å². The lowest BCUT2D eigenvalue weighted by molar-refractivity contribution is -0.161. The Kier molecular flexibility index (Phi) is 32.7. The molecule has 4 N–H and O–H groups in total. The Labute approximate surface area is 354 Å². The second-order valence-corrected chi connectivity index (χ2v) is 18.3. The number of hydrogen-bond donors (Lipinski definition) is 4. The molecule has 1 saturated heterocycles. The molecule has 1 fully saturated rings. The van der Waals surface area contributed by atoms with Crippen molar-refractivity contribution in [2.75, 3.05) is 26.4 Å². The molecule has 0 aromatic heterocycles. The van der Waals surface area contributed by atoms with E-state index >= 15 is 0 Å². The first-order valence-corrected chi connectivity index (χ1v) is 25.2. The molecule has 0 amide bonds. The summed E-state index contributed by atoms with van der Waals surface area (Å²) in [5.41, 5.74) is 0. The summed E-state index contributed by atoms with van der Waals surface area (Å²) in [6.07, 6.45) is 33.1. The number of phosphoric ester groups is 2. The first kappa shape index (κ1) is 55.3. The first-order chi connectivity index (χ1) is 28.2. The van der Waals surface area contributed by atoms with Gasteiger partial charge in [-0.25, -0.2) is 9.13 Å². The van der Waals surface area contributed by atoms with Gasteiger partial charge >= 0.3 is 27.6 Å². The van der Waals surface area contributed by atoms with E-state index in [9.17, 15) is 28.7 Å². The van der Waals surface area contributed by atoms with Gasteiger partial charge in [0.1, 0.15) is 12.7 Å². The van der Waals surface area contributed by atoms with Crippen molar-refractivity contribution in [3.8, 4) is 0 Å². The number of epoxide rings is 1. The Morgan fingerprint density at radius 1 is 0.644 bits per heavy atom. The molecule has 4 unspecified atom stereocenters. The Balaban J connectivity index is 2.40. The van der Waals surface area contributed by atoms with Crippen LogP contribution in [-0.2, 0) is 46.5 Å². The molecule has 344 valence electrons. The van der Waals surface area contributed by atoms with Gasteiger partial charge in [0.15, 0.2) is 6.10 Å². The second-order valence-electron chi connectivity index (χ2n) is 15.6. The number of unbranched alkanes of at least 4 members (excludes halogenated alkanes) is 13. The van der Waals surface area contributed by atoms with Gasteiger partial charge in [0, 0.05) is 12.8 Å². The molecule has 0 aromatic rings. The maximum Gasteiger partial charge on any atom is 0.472 e. The molecule has 0 saturated carbocycles. The zero-order chi connectivity index (χ0) is 43.6. The van der Waals surface area contributed by atoms with Crippen LogP contribution in [0.1, 0.15) is 168 Å². The van der Waals surface area contributed by atoms with Crippen LogP contribution in [0.25, 0.3) is 0 Å². The van der Waals surface area contributed by atoms with Crippen LogP contribution in [0.3, 0.4) is 0 Å². The third-order valence-electron chi connectivity index (χ3n) is 9.96. The largest absolute Gasteiger partial charge is 0.472 e. The van der Waals surface area contributed by atoms with E-state index in [1.54, 1.807) is 0 Å². The summed E-state index contributed by atoms with van der Waals surface area (Å²) in [5, 5.41) is 9.75. The molecule has 59 heavy (non-hydrogen) atoms. The predicted molar refractivity (Wildman–Crippen MR) is 229 cm³/mol. The molecular weight excluding hydrogens is 802 g/mol. The van der Waals surface area contributed by atoms with E-state index in [1.807, 2.05) is 6.08 Å². The van der Waals surface area contributed by atoms with Crippen molar-refractivity contribution in [2.24, 2.45) is 5.92 Å². The maximum atomic E-state index is 12.7. The summed E-state index contributed by atoms with van der Waals surface area (Å²) in [5.74, 6) is -0.288. The van der Waals surface area contributed by atoms with Crippen LogP contribution < -0.4 is 0 Å². The molecule has 1 heterocycles. The summed E-state index contributed by atoms with van der Waals surface area (Å²) in [7, 11) is -9.69. The highest BCUT2D eigenvalue weighted by Gasteiger charge is 2.36. The van der Waals surface area contributed by atoms with Crippen LogP contribution in [0, 0.1) is 5.92 Å². The van der Waals surface area contributed by atoms with E-state index in [4.69, 9.17) is 28.5 Å². The van der Waals surface area contributed by atoms with Crippen LogP contribution >= 0.6 is 15.6 Å². The van der Waals surface area contributed by atoms with E-state index in [1.165, 1.54) is 70.6 Å². The third-order valence-corrected chi connectivity index (χ3v) is 11.4. The number of aliphatic hydroxyl groups excluding tert-OH is 1. The Bertz CT molecular complexity index is 1270. The average molecular weight is 881 g/mol. The van der Waals surface area contributed by atoms with Crippen LogP contribution in [0.2, 0.25) is 0 Å². The fraction of sp³-hybridized carbons (Fsp3) is 0.814. The molecule has 1 aliphatic heterocycles. The smallest absolute Gasteiger partial charge is 0.462 e. The van der Waals surface area contributed by atoms with Gasteiger partial charge < -0.3 is 34.0 Å². The van der Waals surface area contributed by atoms with Gasteiger partial charge in [-0.15, -0.1) is 0 Å². The summed E-state index contributed by atoms with van der Waals surface area (Å²) >= 11 is 0. The molecule has 6 atom stereocenters. The van der Waals surface area contributed by atoms with Gasteiger partial charge in [-0.2, -0.15) is 0 Å². The van der Waals surface area contributed by atoms with Crippen molar-refractivity contribution < 1.29 is 66.3 Å². The monoisotopic (exact) mass is 880 g/mol. The summed E-state index contributed by atoms with van der Waals surface area (Å²) < 4.78 is 53.5. The summed E-state index contributed by atoms with van der Waals surface area (Å²) in [4.78, 5) is 52.7. The molecule has 0 spiro atoms. The van der Waals surface area contributed by atoms with E-state index in [0.29, 0.717) is 19.3 Å². The zero-order valence-corrected chi connectivity index (χ0v) is 38.0. The molecule has 0 aliphatic carbocycles. The van der Waals surface area contributed by atoms with Gasteiger partial charge in [-0.05, 0) is 57.3 Å². The summed E-state index contributed by atoms with van der Waals surface area (Å²) in [6.45, 7) is 3.98. The maximum absolute atomic E-state index is 12.7. The topological polar surface area (TPSA) is 208 Å². The average Bonchev–Trinajstić information content (AvgIpc) is 3.95. The van der Waals surface area contributed by atoms with Crippen LogP contribution in [0.4, 0.5) is 0 Å². The number of allylic oxidation sites excluding steroid dienone is 4. The molecule has 1 rings (SSSR count). The van der Waals surface area contributed by atoms with Crippen molar-refractivity contribution in [1.82, 2.24) is 0 Å². The number of ether oxygens (including phenoxy) is 3. The molecule has 14 nitrogen and oxygen atoms in total. The standard InChI is InChI=1S/C43H78O14P2/c1-4-6-7-8-9-12-16-19-24-29-40-41(57-40)30-25-21-22-26-31-42(45)52-35-39(36-55-59(50,51)54-34-38(44)33-53-58(47,48)49)56-43(46)32-27-20-17-14-11-10-13-15-18-23-28-37(3)5-2/h9,12,19,21,24-25,37-41,44H,4-8,10-11,13-18,20,22-23,26-36H2,1-3H3,(H,50,51)(H2,47,48,49)/b12-9-,24-19-,25-21-/t37?,38-,39+,40?,41?/m0/s1. The molecule has 1 aliphatic rings. The fourth-order valence-corrected chi connectivity index (χ4v) is 7.22. The van der Waals surface area contributed by atoms with E-state index in [-0.39, 0.29) is 25.0 Å². The zero-order valence-electron chi connectivity index (χ0n) is 36.2. The minimum Gasteiger partial charge on any atom is -0.462 e. The predicted octanol–water partition coefficient (Wildman–Crippen LogP) is 10.1.